The van der Waals surface area contributed by atoms with Crippen molar-refractivity contribution < 1.29 is 9.53 Å². The number of nitrogens with zero attached hydrogens (tertiary/aromatic N) is 2. The molecule has 5 rings (SSSR count). The molecule has 1 aromatic heterocycles. The van der Waals surface area contributed by atoms with Crippen LogP contribution in [0.4, 0.5) is 11.6 Å². The number of anilines is 2. The molecular formula is C26H24N4O3. The molecule has 0 bridgehead atoms. The van der Waals surface area contributed by atoms with Gasteiger partial charge in [-0.15, -0.1) is 0 Å². The molecular weight excluding hydrogens is 416 g/mol. The number of aromatic nitrogens is 2. The summed E-state index contributed by atoms with van der Waals surface area (Å²) in [6.45, 7) is 1.01. The molecule has 3 N–H and O–H groups in total. The highest BCUT2D eigenvalue weighted by molar-refractivity contribution is 6.03. The summed E-state index contributed by atoms with van der Waals surface area (Å²) in [6, 6.07) is 21.9. The smallest absolute Gasteiger partial charge is 0.262 e. The summed E-state index contributed by atoms with van der Waals surface area (Å²) in [6.07, 6.45) is 1.74. The first kappa shape index (κ1) is 20.9. The summed E-state index contributed by atoms with van der Waals surface area (Å²) < 4.78 is 7.26. The Kier molecular flexibility index (Phi) is 5.62. The lowest BCUT2D eigenvalue weighted by Gasteiger charge is -2.17. The second kappa shape index (κ2) is 8.88. The van der Waals surface area contributed by atoms with Crippen molar-refractivity contribution in [1.29, 1.82) is 0 Å². The maximum Gasteiger partial charge on any atom is 0.262 e. The van der Waals surface area contributed by atoms with Gasteiger partial charge in [0.25, 0.3) is 11.5 Å². The van der Waals surface area contributed by atoms with Crippen LogP contribution in [0.25, 0.3) is 22.0 Å². The Morgan fingerprint density at radius 1 is 1.06 bits per heavy atom. The van der Waals surface area contributed by atoms with Crippen LogP contribution >= 0.6 is 0 Å². The molecule has 1 fully saturated rings. The highest BCUT2D eigenvalue weighted by Crippen LogP contribution is 2.25. The molecule has 166 valence electrons. The average Bonchev–Trinajstić information content (AvgIpc) is 3.35. The van der Waals surface area contributed by atoms with E-state index >= 15 is 0 Å². The Labute approximate surface area is 190 Å². The monoisotopic (exact) mass is 440 g/mol. The fourth-order valence-corrected chi connectivity index (χ4v) is 4.14. The van der Waals surface area contributed by atoms with E-state index in [9.17, 15) is 9.59 Å². The molecule has 7 heteroatoms. The van der Waals surface area contributed by atoms with Gasteiger partial charge in [-0.2, -0.15) is 0 Å². The van der Waals surface area contributed by atoms with Crippen LogP contribution in [0.15, 0.2) is 77.6 Å². The number of nitrogen functional groups attached to an aromatic ring is 1. The van der Waals surface area contributed by atoms with Crippen molar-refractivity contribution >= 4 is 28.4 Å². The van der Waals surface area contributed by atoms with E-state index in [1.807, 2.05) is 42.5 Å². The first-order chi connectivity index (χ1) is 16.1. The number of ether oxygens (including phenoxy) is 1. The van der Waals surface area contributed by atoms with Crippen LogP contribution in [-0.2, 0) is 11.3 Å². The molecule has 2 heterocycles. The zero-order valence-electron chi connectivity index (χ0n) is 18.0. The van der Waals surface area contributed by atoms with Crippen LogP contribution in [0.1, 0.15) is 23.2 Å². The molecule has 0 radical (unpaired) electrons. The molecule has 1 atom stereocenters. The van der Waals surface area contributed by atoms with Crippen LogP contribution < -0.4 is 16.6 Å². The van der Waals surface area contributed by atoms with Gasteiger partial charge in [0.2, 0.25) is 5.95 Å². The Hall–Kier alpha value is -3.97. The third-order valence-electron chi connectivity index (χ3n) is 5.85. The summed E-state index contributed by atoms with van der Waals surface area (Å²) in [4.78, 5) is 31.0. The van der Waals surface area contributed by atoms with Crippen LogP contribution in [0.5, 0.6) is 0 Å². The van der Waals surface area contributed by atoms with Crippen LogP contribution in [0.3, 0.4) is 0 Å². The SMILES string of the molecule is Nc1cccc(-c2ccc3c(=O)n(CC4CCCO4)c(NC(=O)c4ccccc4)nc3c2)c1. The number of hydrogen-bond acceptors (Lipinski definition) is 5. The largest absolute Gasteiger partial charge is 0.399 e. The van der Waals surface area contributed by atoms with E-state index in [2.05, 4.69) is 5.32 Å². The zero-order chi connectivity index (χ0) is 22.8. The van der Waals surface area contributed by atoms with Crippen molar-refractivity contribution in [2.75, 3.05) is 17.7 Å². The van der Waals surface area contributed by atoms with Gasteiger partial charge in [-0.25, -0.2) is 4.98 Å². The van der Waals surface area contributed by atoms with Crippen molar-refractivity contribution in [2.24, 2.45) is 0 Å². The number of carbonyl (C=O) groups is 1. The van der Waals surface area contributed by atoms with Crippen molar-refractivity contribution in [3.63, 3.8) is 0 Å². The molecule has 7 nitrogen and oxygen atoms in total. The molecule has 1 aliphatic rings. The van der Waals surface area contributed by atoms with Gasteiger partial charge in [0.1, 0.15) is 0 Å². The van der Waals surface area contributed by atoms with E-state index in [0.717, 1.165) is 24.0 Å². The second-order valence-corrected chi connectivity index (χ2v) is 8.16. The lowest BCUT2D eigenvalue weighted by atomic mass is 10.0. The minimum absolute atomic E-state index is 0.0825. The first-order valence-electron chi connectivity index (χ1n) is 11.0. The van der Waals surface area contributed by atoms with Gasteiger partial charge in [-0.05, 0) is 60.4 Å². The molecule has 1 amide bonds. The van der Waals surface area contributed by atoms with E-state index < -0.39 is 0 Å². The molecule has 0 spiro atoms. The molecule has 0 saturated carbocycles. The van der Waals surface area contributed by atoms with E-state index in [-0.39, 0.29) is 23.5 Å². The molecule has 1 saturated heterocycles. The fraction of sp³-hybridized carbons (Fsp3) is 0.192. The summed E-state index contributed by atoms with van der Waals surface area (Å²) >= 11 is 0. The van der Waals surface area contributed by atoms with Gasteiger partial charge in [0, 0.05) is 17.9 Å². The van der Waals surface area contributed by atoms with Crippen molar-refractivity contribution in [3.05, 3.63) is 88.7 Å². The second-order valence-electron chi connectivity index (χ2n) is 8.16. The van der Waals surface area contributed by atoms with Crippen molar-refractivity contribution in [3.8, 4) is 11.1 Å². The lowest BCUT2D eigenvalue weighted by Crippen LogP contribution is -2.31. The molecule has 3 aromatic carbocycles. The van der Waals surface area contributed by atoms with Gasteiger partial charge in [-0.1, -0.05) is 36.4 Å². The minimum atomic E-state index is -0.324. The third kappa shape index (κ3) is 4.36. The molecule has 0 aliphatic carbocycles. The number of hydrogen-bond donors (Lipinski definition) is 2. The number of fused-ring (bicyclic) bond motifs is 1. The average molecular weight is 441 g/mol. The van der Waals surface area contributed by atoms with E-state index in [1.54, 1.807) is 30.3 Å². The molecule has 4 aromatic rings. The number of benzene rings is 3. The molecule has 1 aliphatic heterocycles. The van der Waals surface area contributed by atoms with Crippen LogP contribution in [0, 0.1) is 0 Å². The predicted octanol–water partition coefficient (Wildman–Crippen LogP) is 4.08. The summed E-state index contributed by atoms with van der Waals surface area (Å²) in [7, 11) is 0. The number of carbonyl (C=O) groups excluding carboxylic acids is 1. The van der Waals surface area contributed by atoms with Gasteiger partial charge in [0.05, 0.1) is 23.6 Å². The number of nitrogens with two attached hydrogens (primary N) is 1. The van der Waals surface area contributed by atoms with Gasteiger partial charge in [0.15, 0.2) is 0 Å². The summed E-state index contributed by atoms with van der Waals surface area (Å²) in [5.74, 6) is -0.114. The summed E-state index contributed by atoms with van der Waals surface area (Å²) in [5.41, 5.74) is 9.19. The molecule has 33 heavy (non-hydrogen) atoms. The fourth-order valence-electron chi connectivity index (χ4n) is 4.14. The Morgan fingerprint density at radius 2 is 1.88 bits per heavy atom. The maximum absolute atomic E-state index is 13.5. The minimum Gasteiger partial charge on any atom is -0.399 e. The first-order valence-corrected chi connectivity index (χ1v) is 11.0. The Morgan fingerprint density at radius 3 is 2.64 bits per heavy atom. The number of amides is 1. The lowest BCUT2D eigenvalue weighted by molar-refractivity contribution is 0.0956. The Balaban J connectivity index is 1.60. The highest BCUT2D eigenvalue weighted by atomic mass is 16.5. The summed E-state index contributed by atoms with van der Waals surface area (Å²) in [5, 5.41) is 3.32. The third-order valence-corrected chi connectivity index (χ3v) is 5.85. The van der Waals surface area contributed by atoms with Crippen LogP contribution in [0.2, 0.25) is 0 Å². The standard InChI is InChI=1S/C26H24N4O3/c27-20-9-4-8-18(14-20)19-11-12-22-23(15-19)28-26(29-24(31)17-6-2-1-3-7-17)30(25(22)32)16-21-10-5-13-33-21/h1-4,6-9,11-12,14-15,21H,5,10,13,16,27H2,(H,28,29,31). The van der Waals surface area contributed by atoms with Gasteiger partial charge < -0.3 is 10.5 Å². The van der Waals surface area contributed by atoms with Gasteiger partial charge in [-0.3, -0.25) is 19.5 Å². The zero-order valence-corrected chi connectivity index (χ0v) is 18.0. The predicted molar refractivity (Wildman–Crippen MR) is 129 cm³/mol. The van der Waals surface area contributed by atoms with Crippen LogP contribution in [-0.4, -0.2) is 28.2 Å². The highest BCUT2D eigenvalue weighted by Gasteiger charge is 2.21. The van der Waals surface area contributed by atoms with E-state index in [1.165, 1.54) is 4.57 Å². The van der Waals surface area contributed by atoms with E-state index in [0.29, 0.717) is 35.3 Å². The van der Waals surface area contributed by atoms with Crippen molar-refractivity contribution in [1.82, 2.24) is 9.55 Å². The van der Waals surface area contributed by atoms with Crippen molar-refractivity contribution in [2.45, 2.75) is 25.5 Å². The quantitative estimate of drug-likeness (QED) is 0.456. The topological polar surface area (TPSA) is 99.2 Å². The normalized spacial score (nSPS) is 15.6. The Bertz CT molecular complexity index is 1380. The molecule has 1 unspecified atom stereocenters. The maximum atomic E-state index is 13.5. The number of rotatable bonds is 5. The number of nitrogens with one attached hydrogen (secondary N) is 1. The van der Waals surface area contributed by atoms with E-state index in [4.69, 9.17) is 15.5 Å². The van der Waals surface area contributed by atoms with Gasteiger partial charge >= 0.3 is 0 Å².